The summed E-state index contributed by atoms with van der Waals surface area (Å²) >= 11 is 0. The average molecular weight is 435 g/mol. The number of hydrogen-bond donors (Lipinski definition) is 2. The van der Waals surface area contributed by atoms with Crippen LogP contribution in [0.5, 0.6) is 11.5 Å². The molecule has 0 saturated heterocycles. The number of aromatic nitrogens is 4. The highest BCUT2D eigenvalue weighted by molar-refractivity contribution is 5.76. The number of nitrogens with zero attached hydrogens (tertiary/aromatic N) is 3. The van der Waals surface area contributed by atoms with Crippen molar-refractivity contribution >= 4 is 5.91 Å². The Bertz CT molecular complexity index is 1110. The molecule has 0 saturated carbocycles. The third-order valence-electron chi connectivity index (χ3n) is 4.58. The van der Waals surface area contributed by atoms with E-state index in [0.29, 0.717) is 42.5 Å². The predicted molar refractivity (Wildman–Crippen MR) is 119 cm³/mol. The summed E-state index contributed by atoms with van der Waals surface area (Å²) in [4.78, 5) is 31.2. The monoisotopic (exact) mass is 435 g/mol. The van der Waals surface area contributed by atoms with E-state index in [4.69, 9.17) is 9.47 Å². The van der Waals surface area contributed by atoms with Crippen LogP contribution in [-0.2, 0) is 17.8 Å². The minimum atomic E-state index is -0.389. The number of carbonyl (C=O) groups excluding carboxylic acids is 1. The van der Waals surface area contributed by atoms with Crippen molar-refractivity contribution in [2.75, 3.05) is 13.7 Å². The van der Waals surface area contributed by atoms with Gasteiger partial charge in [0.05, 0.1) is 13.7 Å². The first kappa shape index (κ1) is 22.7. The molecule has 3 rings (SSSR count). The first-order valence-electron chi connectivity index (χ1n) is 10.1. The average Bonchev–Trinajstić information content (AvgIpc) is 2.83. The van der Waals surface area contributed by atoms with Gasteiger partial charge < -0.3 is 19.8 Å². The van der Waals surface area contributed by atoms with E-state index in [2.05, 4.69) is 32.1 Å². The first-order valence-corrected chi connectivity index (χ1v) is 10.1. The van der Waals surface area contributed by atoms with Crippen molar-refractivity contribution in [3.8, 4) is 22.9 Å². The minimum absolute atomic E-state index is 0.127. The van der Waals surface area contributed by atoms with Gasteiger partial charge in [0.1, 0.15) is 5.69 Å². The molecule has 0 aliphatic heterocycles. The standard InChI is InChI=1S/C23H25N5O4/c1-3-4-12-32-19-9-7-17(13-20(19)31-2)22-26-23(30)18(27-28-22)8-10-21(29)25-15-16-6-5-11-24-14-16/h3,5-7,9,11,13-14H,1,4,8,10,12,15H2,2H3,(H,25,29)(H,26,28,30). The highest BCUT2D eigenvalue weighted by Gasteiger charge is 2.12. The van der Waals surface area contributed by atoms with Gasteiger partial charge >= 0.3 is 0 Å². The molecule has 0 unspecified atom stereocenters. The molecule has 1 amide bonds. The third-order valence-corrected chi connectivity index (χ3v) is 4.58. The molecular formula is C23H25N5O4. The number of aromatic amines is 1. The molecule has 0 spiro atoms. The molecule has 1 aromatic carbocycles. The summed E-state index contributed by atoms with van der Waals surface area (Å²) in [6, 6.07) is 8.90. The maximum Gasteiger partial charge on any atom is 0.273 e. The number of pyridine rings is 1. The van der Waals surface area contributed by atoms with Crippen LogP contribution in [0.25, 0.3) is 11.4 Å². The molecule has 3 aromatic rings. The summed E-state index contributed by atoms with van der Waals surface area (Å²) in [5.74, 6) is 1.22. The number of benzene rings is 1. The smallest absolute Gasteiger partial charge is 0.273 e. The van der Waals surface area contributed by atoms with E-state index < -0.39 is 0 Å². The van der Waals surface area contributed by atoms with Crippen LogP contribution in [-0.4, -0.2) is 39.8 Å². The highest BCUT2D eigenvalue weighted by Crippen LogP contribution is 2.31. The Balaban J connectivity index is 1.61. The van der Waals surface area contributed by atoms with Crippen LogP contribution in [0.4, 0.5) is 0 Å². The Morgan fingerprint density at radius 2 is 2.12 bits per heavy atom. The number of nitrogens with one attached hydrogen (secondary N) is 2. The van der Waals surface area contributed by atoms with Crippen LogP contribution < -0.4 is 20.3 Å². The molecular weight excluding hydrogens is 410 g/mol. The van der Waals surface area contributed by atoms with Gasteiger partial charge in [0.15, 0.2) is 17.3 Å². The maximum absolute atomic E-state index is 12.4. The Labute approximate surface area is 185 Å². The highest BCUT2D eigenvalue weighted by atomic mass is 16.5. The maximum atomic E-state index is 12.4. The van der Waals surface area contributed by atoms with E-state index in [1.807, 2.05) is 6.07 Å². The summed E-state index contributed by atoms with van der Waals surface area (Å²) in [6.45, 7) is 4.53. The molecule has 2 aromatic heterocycles. The summed E-state index contributed by atoms with van der Waals surface area (Å²) in [5.41, 5.74) is 1.33. The summed E-state index contributed by atoms with van der Waals surface area (Å²) < 4.78 is 11.0. The first-order chi connectivity index (χ1) is 15.6. The zero-order chi connectivity index (χ0) is 22.8. The van der Waals surface area contributed by atoms with Gasteiger partial charge in [0.2, 0.25) is 5.91 Å². The number of rotatable bonds is 11. The van der Waals surface area contributed by atoms with Crippen LogP contribution >= 0.6 is 0 Å². The van der Waals surface area contributed by atoms with Gasteiger partial charge in [-0.25, -0.2) is 0 Å². The quantitative estimate of drug-likeness (QED) is 0.351. The molecule has 0 bridgehead atoms. The Morgan fingerprint density at radius 3 is 2.84 bits per heavy atom. The van der Waals surface area contributed by atoms with Crippen molar-refractivity contribution in [1.29, 1.82) is 0 Å². The summed E-state index contributed by atoms with van der Waals surface area (Å²) in [6.07, 6.45) is 6.15. The van der Waals surface area contributed by atoms with Crippen molar-refractivity contribution in [1.82, 2.24) is 25.5 Å². The fourth-order valence-electron chi connectivity index (χ4n) is 2.86. The molecule has 2 heterocycles. The second kappa shape index (κ2) is 11.4. The Morgan fingerprint density at radius 1 is 1.25 bits per heavy atom. The van der Waals surface area contributed by atoms with Gasteiger partial charge in [-0.15, -0.1) is 16.8 Å². The fourth-order valence-corrected chi connectivity index (χ4v) is 2.86. The number of ether oxygens (including phenoxy) is 2. The number of hydrogen-bond acceptors (Lipinski definition) is 7. The van der Waals surface area contributed by atoms with Crippen LogP contribution in [0.2, 0.25) is 0 Å². The molecule has 0 fully saturated rings. The van der Waals surface area contributed by atoms with Gasteiger partial charge in [-0.3, -0.25) is 14.6 Å². The van der Waals surface area contributed by atoms with Crippen LogP contribution in [0.3, 0.4) is 0 Å². The van der Waals surface area contributed by atoms with Crippen molar-refractivity contribution in [3.63, 3.8) is 0 Å². The second-order valence-corrected chi connectivity index (χ2v) is 6.88. The SMILES string of the molecule is C=CCCOc1ccc(-c2nnc(CCC(=O)NCc3cccnc3)c(=O)[nH]2)cc1OC. The number of amides is 1. The normalized spacial score (nSPS) is 10.4. The summed E-state index contributed by atoms with van der Waals surface area (Å²) in [7, 11) is 1.54. The van der Waals surface area contributed by atoms with E-state index in [1.165, 1.54) is 7.11 Å². The summed E-state index contributed by atoms with van der Waals surface area (Å²) in [5, 5.41) is 10.9. The molecule has 166 valence electrons. The number of H-pyrrole nitrogens is 1. The van der Waals surface area contributed by atoms with Crippen molar-refractivity contribution < 1.29 is 14.3 Å². The second-order valence-electron chi connectivity index (χ2n) is 6.88. The van der Waals surface area contributed by atoms with Crippen molar-refractivity contribution in [2.45, 2.75) is 25.8 Å². The Hall–Kier alpha value is -4.01. The molecule has 2 N–H and O–H groups in total. The predicted octanol–water partition coefficient (Wildman–Crippen LogP) is 2.44. The van der Waals surface area contributed by atoms with Crippen LogP contribution in [0.1, 0.15) is 24.1 Å². The van der Waals surface area contributed by atoms with E-state index in [9.17, 15) is 9.59 Å². The molecule has 0 aliphatic carbocycles. The largest absolute Gasteiger partial charge is 0.493 e. The lowest BCUT2D eigenvalue weighted by atomic mass is 10.2. The topological polar surface area (TPSA) is 119 Å². The van der Waals surface area contributed by atoms with Gasteiger partial charge in [-0.2, -0.15) is 0 Å². The van der Waals surface area contributed by atoms with Gasteiger partial charge in [0.25, 0.3) is 5.56 Å². The molecule has 32 heavy (non-hydrogen) atoms. The molecule has 0 atom stereocenters. The third kappa shape index (κ3) is 6.24. The van der Waals surface area contributed by atoms with E-state index in [0.717, 1.165) is 5.56 Å². The lowest BCUT2D eigenvalue weighted by molar-refractivity contribution is -0.121. The van der Waals surface area contributed by atoms with E-state index in [-0.39, 0.29) is 30.0 Å². The molecule has 9 nitrogen and oxygen atoms in total. The van der Waals surface area contributed by atoms with Crippen molar-refractivity contribution in [3.05, 3.63) is 77.0 Å². The minimum Gasteiger partial charge on any atom is -0.493 e. The zero-order valence-electron chi connectivity index (χ0n) is 17.8. The fraction of sp³-hybridized carbons (Fsp3) is 0.261. The number of carbonyl (C=O) groups is 1. The van der Waals surface area contributed by atoms with E-state index in [1.54, 1.807) is 42.7 Å². The molecule has 0 aliphatic rings. The van der Waals surface area contributed by atoms with E-state index >= 15 is 0 Å². The van der Waals surface area contributed by atoms with Crippen molar-refractivity contribution in [2.24, 2.45) is 0 Å². The van der Waals surface area contributed by atoms with Gasteiger partial charge in [-0.1, -0.05) is 12.1 Å². The lowest BCUT2D eigenvalue weighted by Crippen LogP contribution is -2.25. The zero-order valence-corrected chi connectivity index (χ0v) is 17.8. The number of methoxy groups -OCH3 is 1. The van der Waals surface area contributed by atoms with Gasteiger partial charge in [0, 0.05) is 37.3 Å². The lowest BCUT2D eigenvalue weighted by Gasteiger charge is -2.11. The van der Waals surface area contributed by atoms with Gasteiger partial charge in [-0.05, 0) is 36.2 Å². The van der Waals surface area contributed by atoms with Crippen LogP contribution in [0.15, 0.2) is 60.2 Å². The van der Waals surface area contributed by atoms with Crippen LogP contribution in [0, 0.1) is 0 Å². The molecule has 0 radical (unpaired) electrons. The number of aryl methyl sites for hydroxylation is 1. The molecule has 9 heteroatoms. The Kier molecular flexibility index (Phi) is 8.08.